The first kappa shape index (κ1) is 16.8. The minimum Gasteiger partial charge on any atom is -0.491 e. The summed E-state index contributed by atoms with van der Waals surface area (Å²) in [5.74, 6) is 8.69. The third kappa shape index (κ3) is 4.29. The highest BCUT2D eigenvalue weighted by molar-refractivity contribution is 5.46. The minimum absolute atomic E-state index is 0.0349. The summed E-state index contributed by atoms with van der Waals surface area (Å²) in [7, 11) is 0. The van der Waals surface area contributed by atoms with Gasteiger partial charge in [-0.3, -0.25) is 4.90 Å². The Balaban J connectivity index is 1.26. The van der Waals surface area contributed by atoms with E-state index < -0.39 is 0 Å². The fraction of sp³-hybridized carbons (Fsp3) is 0.333. The van der Waals surface area contributed by atoms with Crippen LogP contribution in [0.5, 0.6) is 17.2 Å². The molecule has 0 aliphatic carbocycles. The average Bonchev–Trinajstić information content (AvgIpc) is 3.15. The lowest BCUT2D eigenvalue weighted by molar-refractivity contribution is -0.0441. The van der Waals surface area contributed by atoms with Gasteiger partial charge in [0, 0.05) is 24.7 Å². The summed E-state index contributed by atoms with van der Waals surface area (Å²) in [5, 5.41) is 0. The van der Waals surface area contributed by atoms with Crippen LogP contribution < -0.4 is 14.2 Å². The summed E-state index contributed by atoms with van der Waals surface area (Å²) in [6.45, 7) is 3.91. The van der Waals surface area contributed by atoms with Crippen molar-refractivity contribution in [3.05, 3.63) is 54.1 Å². The van der Waals surface area contributed by atoms with Gasteiger partial charge in [-0.25, -0.2) is 0 Å². The monoisotopic (exact) mass is 351 g/mol. The third-order valence-electron chi connectivity index (χ3n) is 4.31. The molecule has 5 nitrogen and oxygen atoms in total. The molecule has 134 valence electrons. The van der Waals surface area contributed by atoms with E-state index in [2.05, 4.69) is 16.7 Å². The molecule has 1 atom stereocenters. The van der Waals surface area contributed by atoms with E-state index in [1.165, 1.54) is 0 Å². The Kier molecular flexibility index (Phi) is 5.25. The molecule has 4 rings (SSSR count). The zero-order chi connectivity index (χ0) is 17.6. The van der Waals surface area contributed by atoms with E-state index in [-0.39, 0.29) is 12.9 Å². The van der Waals surface area contributed by atoms with Crippen LogP contribution in [0.4, 0.5) is 0 Å². The topological polar surface area (TPSA) is 40.2 Å². The standard InChI is InChI=1S/C21H21NO4/c1-2-5-17(6-3-1)7-4-10-22-11-12-23-19(14-22)15-24-18-8-9-20-21(13-18)26-16-25-20/h1-3,5-6,8-9,13,19H,10-12,14-16H2. The Hall–Kier alpha value is -2.68. The number of benzene rings is 2. The molecule has 2 heterocycles. The van der Waals surface area contributed by atoms with Gasteiger partial charge in [-0.05, 0) is 24.3 Å². The average molecular weight is 351 g/mol. The Morgan fingerprint density at radius 2 is 1.96 bits per heavy atom. The van der Waals surface area contributed by atoms with Gasteiger partial charge < -0.3 is 18.9 Å². The molecule has 2 aliphatic rings. The van der Waals surface area contributed by atoms with Crippen molar-refractivity contribution in [3.63, 3.8) is 0 Å². The number of fused-ring (bicyclic) bond motifs is 1. The Labute approximate surface area is 153 Å². The third-order valence-corrected chi connectivity index (χ3v) is 4.31. The lowest BCUT2D eigenvalue weighted by atomic mass is 10.2. The van der Waals surface area contributed by atoms with Crippen molar-refractivity contribution >= 4 is 0 Å². The Morgan fingerprint density at radius 1 is 1.08 bits per heavy atom. The van der Waals surface area contributed by atoms with Gasteiger partial charge in [0.05, 0.1) is 13.2 Å². The highest BCUT2D eigenvalue weighted by atomic mass is 16.7. The quantitative estimate of drug-likeness (QED) is 0.792. The number of nitrogens with zero attached hydrogens (tertiary/aromatic N) is 1. The molecule has 1 unspecified atom stereocenters. The van der Waals surface area contributed by atoms with Crippen molar-refractivity contribution in [2.75, 3.05) is 39.6 Å². The largest absolute Gasteiger partial charge is 0.491 e. The first-order valence-electron chi connectivity index (χ1n) is 8.77. The van der Waals surface area contributed by atoms with Gasteiger partial charge in [0.2, 0.25) is 6.79 Å². The Bertz CT molecular complexity index is 797. The van der Waals surface area contributed by atoms with Gasteiger partial charge in [0.25, 0.3) is 0 Å². The predicted octanol–water partition coefficient (Wildman–Crippen LogP) is 2.55. The molecular formula is C21H21NO4. The maximum atomic E-state index is 5.87. The van der Waals surface area contributed by atoms with E-state index in [1.54, 1.807) is 0 Å². The van der Waals surface area contributed by atoms with Crippen LogP contribution in [0, 0.1) is 11.8 Å². The van der Waals surface area contributed by atoms with Crippen LogP contribution >= 0.6 is 0 Å². The van der Waals surface area contributed by atoms with Gasteiger partial charge >= 0.3 is 0 Å². The first-order valence-corrected chi connectivity index (χ1v) is 8.77. The van der Waals surface area contributed by atoms with Crippen molar-refractivity contribution in [3.8, 4) is 29.1 Å². The van der Waals surface area contributed by atoms with Crippen LogP contribution in [0.25, 0.3) is 0 Å². The van der Waals surface area contributed by atoms with Crippen LogP contribution in [0.1, 0.15) is 5.56 Å². The van der Waals surface area contributed by atoms with Crippen LogP contribution in [0.2, 0.25) is 0 Å². The fourth-order valence-corrected chi connectivity index (χ4v) is 2.96. The summed E-state index contributed by atoms with van der Waals surface area (Å²) >= 11 is 0. The molecule has 5 heteroatoms. The van der Waals surface area contributed by atoms with Gasteiger partial charge in [0.1, 0.15) is 18.5 Å². The lowest BCUT2D eigenvalue weighted by Gasteiger charge is -2.31. The number of ether oxygens (including phenoxy) is 4. The van der Waals surface area contributed by atoms with Gasteiger partial charge in [-0.2, -0.15) is 0 Å². The van der Waals surface area contributed by atoms with Crippen LogP contribution in [-0.2, 0) is 4.74 Å². The fourth-order valence-electron chi connectivity index (χ4n) is 2.96. The van der Waals surface area contributed by atoms with E-state index in [9.17, 15) is 0 Å². The normalized spacial score (nSPS) is 18.8. The van der Waals surface area contributed by atoms with Crippen molar-refractivity contribution < 1.29 is 18.9 Å². The highest BCUT2D eigenvalue weighted by Crippen LogP contribution is 2.35. The van der Waals surface area contributed by atoms with Crippen LogP contribution in [-0.4, -0.2) is 50.6 Å². The molecule has 0 radical (unpaired) electrons. The SMILES string of the molecule is C(#Cc1ccccc1)CN1CCOC(COc2ccc3c(c2)OCO3)C1. The summed E-state index contributed by atoms with van der Waals surface area (Å²) in [4.78, 5) is 2.30. The second-order valence-corrected chi connectivity index (χ2v) is 6.22. The van der Waals surface area contributed by atoms with E-state index in [1.807, 2.05) is 48.5 Å². The highest BCUT2D eigenvalue weighted by Gasteiger charge is 2.21. The molecule has 0 aromatic heterocycles. The van der Waals surface area contributed by atoms with Gasteiger partial charge in [0.15, 0.2) is 11.5 Å². The second kappa shape index (κ2) is 8.13. The zero-order valence-electron chi connectivity index (χ0n) is 14.5. The molecule has 0 amide bonds. The van der Waals surface area contributed by atoms with Gasteiger partial charge in [-0.1, -0.05) is 30.0 Å². The summed E-state index contributed by atoms with van der Waals surface area (Å²) < 4.78 is 22.4. The molecular weight excluding hydrogens is 330 g/mol. The minimum atomic E-state index is 0.0349. The molecule has 0 saturated carbocycles. The molecule has 0 spiro atoms. The van der Waals surface area contributed by atoms with E-state index in [0.717, 1.165) is 42.4 Å². The number of hydrogen-bond acceptors (Lipinski definition) is 5. The predicted molar refractivity (Wildman–Crippen MR) is 97.6 cm³/mol. The zero-order valence-corrected chi connectivity index (χ0v) is 14.5. The molecule has 1 saturated heterocycles. The molecule has 2 aromatic rings. The van der Waals surface area contributed by atoms with Crippen LogP contribution in [0.15, 0.2) is 48.5 Å². The van der Waals surface area contributed by atoms with E-state index in [4.69, 9.17) is 18.9 Å². The number of rotatable bonds is 4. The lowest BCUT2D eigenvalue weighted by Crippen LogP contribution is -2.45. The van der Waals surface area contributed by atoms with E-state index >= 15 is 0 Å². The van der Waals surface area contributed by atoms with Crippen molar-refractivity contribution in [2.45, 2.75) is 6.10 Å². The molecule has 0 bridgehead atoms. The maximum Gasteiger partial charge on any atom is 0.231 e. The molecule has 1 fully saturated rings. The first-order chi connectivity index (χ1) is 12.9. The summed E-state index contributed by atoms with van der Waals surface area (Å²) in [5.41, 5.74) is 1.04. The van der Waals surface area contributed by atoms with Crippen molar-refractivity contribution in [2.24, 2.45) is 0 Å². The number of hydrogen-bond donors (Lipinski definition) is 0. The smallest absolute Gasteiger partial charge is 0.231 e. The van der Waals surface area contributed by atoms with Crippen molar-refractivity contribution in [1.82, 2.24) is 4.90 Å². The number of morpholine rings is 1. The van der Waals surface area contributed by atoms with Crippen molar-refractivity contribution in [1.29, 1.82) is 0 Å². The second-order valence-electron chi connectivity index (χ2n) is 6.22. The molecule has 0 N–H and O–H groups in total. The molecule has 2 aliphatic heterocycles. The Morgan fingerprint density at radius 3 is 2.88 bits per heavy atom. The van der Waals surface area contributed by atoms with Gasteiger partial charge in [-0.15, -0.1) is 0 Å². The summed E-state index contributed by atoms with van der Waals surface area (Å²) in [6, 6.07) is 15.7. The molecule has 2 aromatic carbocycles. The molecule has 26 heavy (non-hydrogen) atoms. The summed E-state index contributed by atoms with van der Waals surface area (Å²) in [6.07, 6.45) is 0.0349. The maximum absolute atomic E-state index is 5.87. The van der Waals surface area contributed by atoms with E-state index in [0.29, 0.717) is 13.2 Å². The van der Waals surface area contributed by atoms with Crippen LogP contribution in [0.3, 0.4) is 0 Å².